The standard InChI is InChI=1S/C25H30N6O/c1-6-30(16-18-12-8-7-9-13-18)22(23-27-28-29-31(23)25(3,4)5)20-15-19-14-10-11-17(2)21(19)26-24(20)32/h7-15,22H,6,16H2,1-5H3,(H,26,32). The molecule has 32 heavy (non-hydrogen) atoms. The zero-order valence-corrected chi connectivity index (χ0v) is 19.3. The number of nitrogens with zero attached hydrogens (tertiary/aromatic N) is 5. The van der Waals surface area contributed by atoms with Crippen molar-refractivity contribution >= 4 is 10.9 Å². The number of pyridine rings is 1. The second-order valence-electron chi connectivity index (χ2n) is 9.16. The summed E-state index contributed by atoms with van der Waals surface area (Å²) < 4.78 is 1.82. The second-order valence-corrected chi connectivity index (χ2v) is 9.16. The van der Waals surface area contributed by atoms with Crippen LogP contribution < -0.4 is 5.56 Å². The quantitative estimate of drug-likeness (QED) is 0.496. The smallest absolute Gasteiger partial charge is 0.253 e. The molecular weight excluding hydrogens is 400 g/mol. The van der Waals surface area contributed by atoms with Crippen molar-refractivity contribution < 1.29 is 0 Å². The number of rotatable bonds is 6. The number of aromatic amines is 1. The largest absolute Gasteiger partial charge is 0.321 e. The van der Waals surface area contributed by atoms with E-state index in [1.807, 2.05) is 54.1 Å². The average Bonchev–Trinajstić information content (AvgIpc) is 3.25. The van der Waals surface area contributed by atoms with Gasteiger partial charge >= 0.3 is 0 Å². The van der Waals surface area contributed by atoms with Gasteiger partial charge in [0.15, 0.2) is 5.82 Å². The molecule has 7 heteroatoms. The Balaban J connectivity index is 1.92. The van der Waals surface area contributed by atoms with E-state index in [-0.39, 0.29) is 11.1 Å². The van der Waals surface area contributed by atoms with Crippen LogP contribution in [0.2, 0.25) is 0 Å². The summed E-state index contributed by atoms with van der Waals surface area (Å²) in [5.41, 5.74) is 3.26. The maximum Gasteiger partial charge on any atom is 0.253 e. The van der Waals surface area contributed by atoms with Crippen LogP contribution in [0, 0.1) is 6.92 Å². The summed E-state index contributed by atoms with van der Waals surface area (Å²) in [6.07, 6.45) is 0. The molecule has 0 saturated heterocycles. The molecule has 0 saturated carbocycles. The number of tetrazole rings is 1. The first-order chi connectivity index (χ1) is 15.3. The maximum atomic E-state index is 13.4. The van der Waals surface area contributed by atoms with Gasteiger partial charge < -0.3 is 4.98 Å². The molecule has 1 unspecified atom stereocenters. The fourth-order valence-corrected chi connectivity index (χ4v) is 4.15. The monoisotopic (exact) mass is 430 g/mol. The third-order valence-electron chi connectivity index (χ3n) is 5.78. The number of aromatic nitrogens is 5. The van der Waals surface area contributed by atoms with E-state index in [4.69, 9.17) is 0 Å². The molecule has 1 atom stereocenters. The van der Waals surface area contributed by atoms with Crippen LogP contribution in [-0.4, -0.2) is 36.6 Å². The van der Waals surface area contributed by atoms with Crippen LogP contribution in [0.15, 0.2) is 59.4 Å². The number of fused-ring (bicyclic) bond motifs is 1. The molecule has 7 nitrogen and oxygen atoms in total. The summed E-state index contributed by atoms with van der Waals surface area (Å²) in [4.78, 5) is 18.8. The number of para-hydroxylation sites is 1. The van der Waals surface area contributed by atoms with Crippen LogP contribution in [0.1, 0.15) is 56.3 Å². The summed E-state index contributed by atoms with van der Waals surface area (Å²) in [6.45, 7) is 11.7. The molecule has 0 radical (unpaired) electrons. The third kappa shape index (κ3) is 4.21. The fraction of sp³-hybridized carbons (Fsp3) is 0.360. The van der Waals surface area contributed by atoms with Gasteiger partial charge in [-0.25, -0.2) is 4.68 Å². The van der Waals surface area contributed by atoms with Gasteiger partial charge in [-0.3, -0.25) is 9.69 Å². The van der Waals surface area contributed by atoms with Crippen LogP contribution in [0.4, 0.5) is 0 Å². The molecule has 4 rings (SSSR count). The zero-order chi connectivity index (χ0) is 22.9. The van der Waals surface area contributed by atoms with Crippen molar-refractivity contribution in [3.05, 3.63) is 87.5 Å². The molecule has 2 aromatic heterocycles. The van der Waals surface area contributed by atoms with Crippen LogP contribution >= 0.6 is 0 Å². The lowest BCUT2D eigenvalue weighted by molar-refractivity contribution is 0.202. The van der Waals surface area contributed by atoms with Crippen molar-refractivity contribution in [1.29, 1.82) is 0 Å². The van der Waals surface area contributed by atoms with Gasteiger partial charge in [-0.05, 0) is 67.2 Å². The van der Waals surface area contributed by atoms with Crippen molar-refractivity contribution in [2.45, 2.75) is 52.7 Å². The SMILES string of the molecule is CCN(Cc1ccccc1)C(c1cc2cccc(C)c2[nH]c1=O)c1nnnn1C(C)(C)C. The summed E-state index contributed by atoms with van der Waals surface area (Å²) >= 11 is 0. The number of hydrogen-bond acceptors (Lipinski definition) is 5. The second kappa shape index (κ2) is 8.67. The molecule has 166 valence electrons. The number of hydrogen-bond donors (Lipinski definition) is 1. The van der Waals surface area contributed by atoms with E-state index in [1.165, 1.54) is 5.56 Å². The van der Waals surface area contributed by atoms with Gasteiger partial charge in [0, 0.05) is 12.1 Å². The third-order valence-corrected chi connectivity index (χ3v) is 5.78. The van der Waals surface area contributed by atoms with E-state index in [9.17, 15) is 4.79 Å². The predicted molar refractivity (Wildman–Crippen MR) is 126 cm³/mol. The highest BCUT2D eigenvalue weighted by atomic mass is 16.1. The van der Waals surface area contributed by atoms with E-state index in [0.717, 1.165) is 23.0 Å². The Bertz CT molecular complexity index is 1270. The fourth-order valence-electron chi connectivity index (χ4n) is 4.15. The molecule has 0 aliphatic carbocycles. The molecule has 2 heterocycles. The van der Waals surface area contributed by atoms with Crippen LogP contribution in [0.5, 0.6) is 0 Å². The Morgan fingerprint density at radius 3 is 2.53 bits per heavy atom. The molecule has 0 aliphatic rings. The van der Waals surface area contributed by atoms with Crippen molar-refractivity contribution in [2.24, 2.45) is 0 Å². The molecule has 0 bridgehead atoms. The molecule has 4 aromatic rings. The summed E-state index contributed by atoms with van der Waals surface area (Å²) in [6, 6.07) is 17.9. The lowest BCUT2D eigenvalue weighted by Gasteiger charge is -2.32. The van der Waals surface area contributed by atoms with Crippen molar-refractivity contribution in [1.82, 2.24) is 30.1 Å². The van der Waals surface area contributed by atoms with Crippen LogP contribution in [0.3, 0.4) is 0 Å². The van der Waals surface area contributed by atoms with Crippen molar-refractivity contribution in [3.8, 4) is 0 Å². The average molecular weight is 431 g/mol. The molecule has 0 amide bonds. The first-order valence-corrected chi connectivity index (χ1v) is 11.0. The van der Waals surface area contributed by atoms with Gasteiger partial charge in [-0.1, -0.05) is 55.5 Å². The molecule has 0 spiro atoms. The highest BCUT2D eigenvalue weighted by Gasteiger charge is 2.32. The highest BCUT2D eigenvalue weighted by molar-refractivity contribution is 5.82. The van der Waals surface area contributed by atoms with Gasteiger partial charge in [-0.15, -0.1) is 5.10 Å². The first kappa shape index (κ1) is 21.9. The van der Waals surface area contributed by atoms with E-state index in [1.54, 1.807) is 0 Å². The highest BCUT2D eigenvalue weighted by Crippen LogP contribution is 2.30. The van der Waals surface area contributed by atoms with Gasteiger partial charge in [0.2, 0.25) is 0 Å². The van der Waals surface area contributed by atoms with Crippen LogP contribution in [-0.2, 0) is 12.1 Å². The number of benzene rings is 2. The molecule has 2 aromatic carbocycles. The maximum absolute atomic E-state index is 13.4. The lowest BCUT2D eigenvalue weighted by atomic mass is 10.00. The summed E-state index contributed by atoms with van der Waals surface area (Å²) in [5.74, 6) is 0.660. The van der Waals surface area contributed by atoms with Crippen molar-refractivity contribution in [3.63, 3.8) is 0 Å². The van der Waals surface area contributed by atoms with Crippen molar-refractivity contribution in [2.75, 3.05) is 6.54 Å². The van der Waals surface area contributed by atoms with E-state index >= 15 is 0 Å². The molecule has 1 N–H and O–H groups in total. The van der Waals surface area contributed by atoms with Gasteiger partial charge in [0.1, 0.15) is 6.04 Å². The predicted octanol–water partition coefficient (Wildman–Crippen LogP) is 4.19. The minimum atomic E-state index is -0.400. The lowest BCUT2D eigenvalue weighted by Crippen LogP contribution is -2.37. The van der Waals surface area contributed by atoms with Gasteiger partial charge in [0.25, 0.3) is 5.56 Å². The number of H-pyrrole nitrogens is 1. The number of nitrogens with one attached hydrogen (secondary N) is 1. The normalized spacial score (nSPS) is 13.1. The Kier molecular flexibility index (Phi) is 5.93. The molecule has 0 fully saturated rings. The summed E-state index contributed by atoms with van der Waals surface area (Å²) in [7, 11) is 0. The van der Waals surface area contributed by atoms with Gasteiger partial charge in [-0.2, -0.15) is 0 Å². The van der Waals surface area contributed by atoms with E-state index < -0.39 is 6.04 Å². The Morgan fingerprint density at radius 2 is 1.84 bits per heavy atom. The Morgan fingerprint density at radius 1 is 1.09 bits per heavy atom. The Labute approximate surface area is 188 Å². The van der Waals surface area contributed by atoms with E-state index in [0.29, 0.717) is 17.9 Å². The Hall–Kier alpha value is -3.32. The molecular formula is C25H30N6O. The van der Waals surface area contributed by atoms with Gasteiger partial charge in [0.05, 0.1) is 11.1 Å². The van der Waals surface area contributed by atoms with E-state index in [2.05, 4.69) is 65.2 Å². The first-order valence-electron chi connectivity index (χ1n) is 11.0. The topological polar surface area (TPSA) is 79.7 Å². The number of aryl methyl sites for hydroxylation is 1. The molecule has 0 aliphatic heterocycles. The minimum Gasteiger partial charge on any atom is -0.321 e. The zero-order valence-electron chi connectivity index (χ0n) is 19.3. The van der Waals surface area contributed by atoms with Crippen LogP contribution in [0.25, 0.3) is 10.9 Å². The summed E-state index contributed by atoms with van der Waals surface area (Å²) in [5, 5.41) is 13.7. The minimum absolute atomic E-state index is 0.119.